The Hall–Kier alpha value is -1.47. The summed E-state index contributed by atoms with van der Waals surface area (Å²) in [5, 5.41) is 7.83. The Kier molecular flexibility index (Phi) is 5.30. The van der Waals surface area contributed by atoms with Crippen molar-refractivity contribution in [3.05, 3.63) is 38.5 Å². The van der Waals surface area contributed by atoms with Crippen LogP contribution in [0, 0.1) is 0 Å². The van der Waals surface area contributed by atoms with Crippen molar-refractivity contribution >= 4 is 38.9 Å². The largest absolute Gasteiger partial charge is 0.385 e. The van der Waals surface area contributed by atoms with Gasteiger partial charge in [-0.3, -0.25) is 4.79 Å². The van der Waals surface area contributed by atoms with Crippen LogP contribution in [0.2, 0.25) is 0 Å². The first-order valence-corrected chi connectivity index (χ1v) is 8.25. The summed E-state index contributed by atoms with van der Waals surface area (Å²) in [7, 11) is 1.75. The van der Waals surface area contributed by atoms with Crippen molar-refractivity contribution in [1.29, 1.82) is 0 Å². The standard InChI is InChI=1S/C14H17BrN4OS/c1-8(2)13-17-6-10(16-3)12(19-13)14(20)18-7-11-9(15)4-5-21-11/h4-6,8,16H,7H2,1-3H3,(H,18,20). The summed E-state index contributed by atoms with van der Waals surface area (Å²) in [4.78, 5) is 22.1. The number of hydrogen-bond donors (Lipinski definition) is 2. The summed E-state index contributed by atoms with van der Waals surface area (Å²) in [5.74, 6) is 0.634. The van der Waals surface area contributed by atoms with E-state index < -0.39 is 0 Å². The van der Waals surface area contributed by atoms with E-state index in [4.69, 9.17) is 0 Å². The monoisotopic (exact) mass is 368 g/mol. The van der Waals surface area contributed by atoms with Gasteiger partial charge in [0, 0.05) is 22.3 Å². The Morgan fingerprint density at radius 3 is 2.81 bits per heavy atom. The predicted molar refractivity (Wildman–Crippen MR) is 88.9 cm³/mol. The Labute approximate surface area is 136 Å². The third-order valence-corrected chi connectivity index (χ3v) is 4.84. The Balaban J connectivity index is 2.17. The molecule has 0 saturated heterocycles. The molecule has 112 valence electrons. The van der Waals surface area contributed by atoms with E-state index in [-0.39, 0.29) is 11.8 Å². The van der Waals surface area contributed by atoms with Crippen LogP contribution in [-0.2, 0) is 6.54 Å². The lowest BCUT2D eigenvalue weighted by molar-refractivity contribution is 0.0946. The summed E-state index contributed by atoms with van der Waals surface area (Å²) in [6.07, 6.45) is 1.65. The van der Waals surface area contributed by atoms with Gasteiger partial charge in [0.2, 0.25) is 0 Å². The van der Waals surface area contributed by atoms with Crippen molar-refractivity contribution in [3.63, 3.8) is 0 Å². The van der Waals surface area contributed by atoms with E-state index in [9.17, 15) is 4.79 Å². The lowest BCUT2D eigenvalue weighted by atomic mass is 10.2. The maximum Gasteiger partial charge on any atom is 0.272 e. The van der Waals surface area contributed by atoms with Crippen molar-refractivity contribution in [3.8, 4) is 0 Å². The summed E-state index contributed by atoms with van der Waals surface area (Å²) in [6, 6.07) is 1.97. The highest BCUT2D eigenvalue weighted by atomic mass is 79.9. The molecule has 7 heteroatoms. The van der Waals surface area contributed by atoms with Crippen molar-refractivity contribution in [2.24, 2.45) is 0 Å². The molecule has 2 aromatic rings. The number of nitrogens with one attached hydrogen (secondary N) is 2. The van der Waals surface area contributed by atoms with Crippen LogP contribution in [0.1, 0.15) is 41.0 Å². The first-order chi connectivity index (χ1) is 10.0. The molecule has 0 radical (unpaired) electrons. The number of carbonyl (C=O) groups is 1. The van der Waals surface area contributed by atoms with Crippen LogP contribution in [0.25, 0.3) is 0 Å². The van der Waals surface area contributed by atoms with Gasteiger partial charge in [-0.1, -0.05) is 13.8 Å². The van der Waals surface area contributed by atoms with Gasteiger partial charge < -0.3 is 10.6 Å². The van der Waals surface area contributed by atoms with Crippen LogP contribution in [-0.4, -0.2) is 22.9 Å². The molecule has 2 aromatic heterocycles. The number of aromatic nitrogens is 2. The molecule has 2 N–H and O–H groups in total. The minimum absolute atomic E-state index is 0.175. The topological polar surface area (TPSA) is 66.9 Å². The van der Waals surface area contributed by atoms with Gasteiger partial charge in [0.15, 0.2) is 5.69 Å². The van der Waals surface area contributed by atoms with E-state index in [2.05, 4.69) is 36.5 Å². The smallest absolute Gasteiger partial charge is 0.272 e. The van der Waals surface area contributed by atoms with Crippen LogP contribution in [0.4, 0.5) is 5.69 Å². The fourth-order valence-electron chi connectivity index (χ4n) is 1.73. The van der Waals surface area contributed by atoms with Gasteiger partial charge in [0.05, 0.1) is 18.4 Å². The second-order valence-corrected chi connectivity index (χ2v) is 6.62. The zero-order valence-electron chi connectivity index (χ0n) is 12.1. The molecule has 0 atom stereocenters. The molecule has 0 aliphatic carbocycles. The minimum Gasteiger partial charge on any atom is -0.385 e. The molecule has 0 fully saturated rings. The molecule has 0 bridgehead atoms. The maximum atomic E-state index is 12.4. The molecule has 0 unspecified atom stereocenters. The molecule has 2 rings (SSSR count). The fraction of sp³-hybridized carbons (Fsp3) is 0.357. The van der Waals surface area contributed by atoms with E-state index in [1.807, 2.05) is 25.3 Å². The van der Waals surface area contributed by atoms with Gasteiger partial charge in [0.1, 0.15) is 5.82 Å². The van der Waals surface area contributed by atoms with E-state index in [1.165, 1.54) is 0 Å². The molecule has 1 amide bonds. The molecule has 0 spiro atoms. The zero-order chi connectivity index (χ0) is 15.4. The molecule has 0 saturated carbocycles. The Morgan fingerprint density at radius 1 is 1.48 bits per heavy atom. The van der Waals surface area contributed by atoms with Crippen molar-refractivity contribution in [2.45, 2.75) is 26.3 Å². The summed E-state index contributed by atoms with van der Waals surface area (Å²) < 4.78 is 1.01. The highest BCUT2D eigenvalue weighted by molar-refractivity contribution is 9.10. The van der Waals surface area contributed by atoms with Gasteiger partial charge in [-0.2, -0.15) is 0 Å². The highest BCUT2D eigenvalue weighted by Crippen LogP contribution is 2.22. The third kappa shape index (κ3) is 3.79. The van der Waals surface area contributed by atoms with Gasteiger partial charge in [-0.15, -0.1) is 11.3 Å². The lowest BCUT2D eigenvalue weighted by Gasteiger charge is -2.11. The van der Waals surface area contributed by atoms with Crippen molar-refractivity contribution in [2.75, 3.05) is 12.4 Å². The second kappa shape index (κ2) is 7.00. The number of halogens is 1. The average Bonchev–Trinajstić information content (AvgIpc) is 2.89. The van der Waals surface area contributed by atoms with Gasteiger partial charge in [0.25, 0.3) is 5.91 Å². The maximum absolute atomic E-state index is 12.4. The van der Waals surface area contributed by atoms with Crippen LogP contribution >= 0.6 is 27.3 Å². The lowest BCUT2D eigenvalue weighted by Crippen LogP contribution is -2.25. The zero-order valence-corrected chi connectivity index (χ0v) is 14.5. The number of rotatable bonds is 5. The molecule has 21 heavy (non-hydrogen) atoms. The summed E-state index contributed by atoms with van der Waals surface area (Å²) >= 11 is 5.05. The van der Waals surface area contributed by atoms with Gasteiger partial charge in [-0.05, 0) is 27.4 Å². The molecule has 0 aromatic carbocycles. The first-order valence-electron chi connectivity index (χ1n) is 6.57. The fourth-order valence-corrected chi connectivity index (χ4v) is 3.16. The van der Waals surface area contributed by atoms with Crippen molar-refractivity contribution < 1.29 is 4.79 Å². The Bertz CT molecular complexity index is 642. The van der Waals surface area contributed by atoms with Crippen molar-refractivity contribution in [1.82, 2.24) is 15.3 Å². The third-order valence-electron chi connectivity index (χ3n) is 2.91. The minimum atomic E-state index is -0.205. The number of hydrogen-bond acceptors (Lipinski definition) is 5. The van der Waals surface area contributed by atoms with E-state index in [0.29, 0.717) is 23.8 Å². The average molecular weight is 369 g/mol. The van der Waals surface area contributed by atoms with Crippen LogP contribution < -0.4 is 10.6 Å². The SMILES string of the molecule is CNc1cnc(C(C)C)nc1C(=O)NCc1sccc1Br. The number of nitrogens with zero attached hydrogens (tertiary/aromatic N) is 2. The predicted octanol–water partition coefficient (Wildman–Crippen LogP) is 3.40. The number of amides is 1. The molecule has 0 aliphatic rings. The van der Waals surface area contributed by atoms with Gasteiger partial charge in [-0.25, -0.2) is 9.97 Å². The Morgan fingerprint density at radius 2 is 2.24 bits per heavy atom. The molecule has 5 nitrogen and oxygen atoms in total. The number of carbonyl (C=O) groups excluding carboxylic acids is 1. The van der Waals surface area contributed by atoms with E-state index in [0.717, 1.165) is 9.35 Å². The van der Waals surface area contributed by atoms with Crippen LogP contribution in [0.15, 0.2) is 22.1 Å². The van der Waals surface area contributed by atoms with E-state index >= 15 is 0 Å². The van der Waals surface area contributed by atoms with Gasteiger partial charge >= 0.3 is 0 Å². The summed E-state index contributed by atoms with van der Waals surface area (Å²) in [5.41, 5.74) is 1.01. The number of thiophene rings is 1. The normalized spacial score (nSPS) is 10.7. The number of anilines is 1. The molecular formula is C14H17BrN4OS. The first kappa shape index (κ1) is 15.9. The summed E-state index contributed by atoms with van der Waals surface area (Å²) in [6.45, 7) is 4.47. The molecule has 2 heterocycles. The highest BCUT2D eigenvalue weighted by Gasteiger charge is 2.16. The quantitative estimate of drug-likeness (QED) is 0.848. The molecular weight excluding hydrogens is 352 g/mol. The molecule has 0 aliphatic heterocycles. The second-order valence-electron chi connectivity index (χ2n) is 4.77. The van der Waals surface area contributed by atoms with Crippen LogP contribution in [0.5, 0.6) is 0 Å². The van der Waals surface area contributed by atoms with Crippen LogP contribution in [0.3, 0.4) is 0 Å². The van der Waals surface area contributed by atoms with E-state index in [1.54, 1.807) is 24.6 Å².